The van der Waals surface area contributed by atoms with Gasteiger partial charge in [-0.3, -0.25) is 0 Å². The fraction of sp³-hybridized carbons (Fsp3) is 0.571. The molecular weight excluding hydrogens is 513 g/mol. The predicted octanol–water partition coefficient (Wildman–Crippen LogP) is 12.2. The van der Waals surface area contributed by atoms with Crippen LogP contribution in [-0.4, -0.2) is 11.3 Å². The summed E-state index contributed by atoms with van der Waals surface area (Å²) in [6.45, 7) is 22.5. The Morgan fingerprint density at radius 1 is 0.632 bits per heavy atom. The van der Waals surface area contributed by atoms with Gasteiger partial charge >= 0.3 is 21.7 Å². The van der Waals surface area contributed by atoms with Crippen LogP contribution in [0.1, 0.15) is 129 Å². The van der Waals surface area contributed by atoms with Gasteiger partial charge in [-0.05, 0) is 55.5 Å². The summed E-state index contributed by atoms with van der Waals surface area (Å²) < 4.78 is 0. The number of benzene rings is 2. The van der Waals surface area contributed by atoms with Crippen LogP contribution in [0.4, 0.5) is 0 Å². The molecule has 0 N–H and O–H groups in total. The van der Waals surface area contributed by atoms with Gasteiger partial charge in [-0.25, -0.2) is 7.05 Å². The van der Waals surface area contributed by atoms with Crippen molar-refractivity contribution in [2.75, 3.05) is 0 Å². The Labute approximate surface area is 254 Å². The summed E-state index contributed by atoms with van der Waals surface area (Å²) in [6.07, 6.45) is 7.50. The van der Waals surface area contributed by atoms with Crippen LogP contribution < -0.4 is 0 Å². The molecule has 0 aromatic heterocycles. The Morgan fingerprint density at radius 3 is 1.16 bits per heavy atom. The molecule has 0 aliphatic heterocycles. The second-order valence-corrected chi connectivity index (χ2v) is 17.4. The number of hydrogen-bond acceptors (Lipinski definition) is 0. The molecule has 212 valence electrons. The first-order chi connectivity index (χ1) is 15.7. The third-order valence-corrected chi connectivity index (χ3v) is 12.7. The number of nitrogens with zero attached hydrogens (tertiary/aromatic N) is 1. The van der Waals surface area contributed by atoms with Gasteiger partial charge in [0.15, 0.2) is 0 Å². The van der Waals surface area contributed by atoms with E-state index in [1.54, 1.807) is 0 Å². The summed E-state index contributed by atoms with van der Waals surface area (Å²) >= 11 is 0. The van der Waals surface area contributed by atoms with Crippen molar-refractivity contribution in [3.8, 4) is 11.1 Å². The van der Waals surface area contributed by atoms with E-state index in [9.17, 15) is 5.16 Å². The van der Waals surface area contributed by atoms with Crippen LogP contribution in [0, 0.1) is 22.3 Å². The van der Waals surface area contributed by atoms with Crippen molar-refractivity contribution in [1.82, 2.24) is 0 Å². The normalized spacial score (nSPS) is 14.7. The van der Waals surface area contributed by atoms with E-state index in [-0.39, 0.29) is 71.8 Å². The molecule has 0 heterocycles. The van der Waals surface area contributed by atoms with E-state index >= 15 is 0 Å². The Balaban J connectivity index is 0. The zero-order valence-electron chi connectivity index (χ0n) is 27.1. The zero-order chi connectivity index (χ0) is 25.5. The Kier molecular flexibility index (Phi) is 15.4. The third-order valence-electron chi connectivity index (χ3n) is 8.03. The van der Waals surface area contributed by atoms with Crippen LogP contribution in [0.15, 0.2) is 36.4 Å². The molecule has 3 heteroatoms. The first-order valence-electron chi connectivity index (χ1n) is 13.6. The summed E-state index contributed by atoms with van der Waals surface area (Å²) in [5.74, 6) is 0. The topological polar surface area (TPSA) is 22.3 Å². The van der Waals surface area contributed by atoms with Crippen LogP contribution >= 0.6 is 7.05 Å². The standard InChI is InChI=1S/C27H39NP.C5H10.3CH3.Ti/c1-17(2)29(28,18(3)4)25-23-15-19(26(5,6)7)11-13-21(23)22-14-12-20(16-24(22)25)27(8,9)10;1-2-4-5-3-1;;;;/h11-18,25H,1-10H3;1-5H2;3*1H3;/q-1;;3*-1;+4. The van der Waals surface area contributed by atoms with Gasteiger partial charge in [-0.15, -0.1) is 0 Å². The Morgan fingerprint density at radius 2 is 0.921 bits per heavy atom. The van der Waals surface area contributed by atoms with Crippen LogP contribution in [0.25, 0.3) is 16.3 Å². The fourth-order valence-electron chi connectivity index (χ4n) is 5.69. The van der Waals surface area contributed by atoms with Gasteiger partial charge in [-0.1, -0.05) is 138 Å². The summed E-state index contributed by atoms with van der Waals surface area (Å²) in [7, 11) is -2.27. The van der Waals surface area contributed by atoms with E-state index in [4.69, 9.17) is 0 Å². The molecule has 0 unspecified atom stereocenters. The second-order valence-electron chi connectivity index (χ2n) is 13.3. The fourth-order valence-corrected chi connectivity index (χ4v) is 9.39. The SMILES string of the molecule is C1CCCC1.CC(C)P(=[N-])(C(C)C)C1c2cc(C(C)(C)C)ccc2-c2ccc(C(C)(C)C)cc21.[CH3-].[CH3-].[CH3-].[Ti+4]. The first-order valence-corrected chi connectivity index (χ1v) is 15.5. The molecule has 2 aromatic carbocycles. The van der Waals surface area contributed by atoms with Crippen LogP contribution in [0.2, 0.25) is 0 Å². The molecule has 0 amide bonds. The molecule has 2 aliphatic carbocycles. The largest absolute Gasteiger partial charge is 4.00 e. The summed E-state index contributed by atoms with van der Waals surface area (Å²) in [5, 5.41) is 12.3. The molecule has 1 fully saturated rings. The van der Waals surface area contributed by atoms with Crippen molar-refractivity contribution in [3.05, 3.63) is 86.1 Å². The minimum Gasteiger partial charge on any atom is -0.807 e. The van der Waals surface area contributed by atoms with Crippen molar-refractivity contribution in [2.45, 2.75) is 129 Å². The van der Waals surface area contributed by atoms with Gasteiger partial charge in [0.05, 0.1) is 0 Å². The maximum atomic E-state index is 12.3. The quantitative estimate of drug-likeness (QED) is 0.199. The van der Waals surface area contributed by atoms with E-state index in [0.29, 0.717) is 0 Å². The third kappa shape index (κ3) is 7.98. The molecule has 0 radical (unpaired) electrons. The molecule has 0 spiro atoms. The van der Waals surface area contributed by atoms with Gasteiger partial charge in [0.1, 0.15) is 0 Å². The minimum atomic E-state index is -2.27. The van der Waals surface area contributed by atoms with Gasteiger partial charge in [0.25, 0.3) is 0 Å². The smallest absolute Gasteiger partial charge is 0.807 e. The van der Waals surface area contributed by atoms with Crippen LogP contribution in [-0.2, 0) is 32.5 Å². The monoisotopic (exact) mass is 571 g/mol. The maximum absolute atomic E-state index is 12.3. The zero-order valence-corrected chi connectivity index (χ0v) is 29.6. The number of rotatable bonds is 3. The van der Waals surface area contributed by atoms with Crippen LogP contribution in [0.5, 0.6) is 0 Å². The maximum Gasteiger partial charge on any atom is 4.00 e. The molecule has 2 aliphatic rings. The molecule has 1 saturated carbocycles. The Bertz CT molecular complexity index is 965. The van der Waals surface area contributed by atoms with E-state index in [0.717, 1.165) is 0 Å². The van der Waals surface area contributed by atoms with Gasteiger partial charge in [0, 0.05) is 5.66 Å². The molecule has 0 atom stereocenters. The first kappa shape index (κ1) is 39.5. The number of hydrogen-bond donors (Lipinski definition) is 0. The molecule has 1 nitrogen and oxygen atoms in total. The Hall–Kier alpha value is -0.616. The van der Waals surface area contributed by atoms with Gasteiger partial charge in [-0.2, -0.15) is 0 Å². The average Bonchev–Trinajstić information content (AvgIpc) is 3.41. The van der Waals surface area contributed by atoms with Crippen molar-refractivity contribution < 1.29 is 21.7 Å². The van der Waals surface area contributed by atoms with Crippen molar-refractivity contribution in [3.63, 3.8) is 0 Å². The van der Waals surface area contributed by atoms with Gasteiger partial charge in [0.2, 0.25) is 0 Å². The van der Waals surface area contributed by atoms with E-state index in [1.807, 2.05) is 0 Å². The van der Waals surface area contributed by atoms with Crippen molar-refractivity contribution in [1.29, 1.82) is 0 Å². The summed E-state index contributed by atoms with van der Waals surface area (Å²) in [4.78, 5) is 0. The van der Waals surface area contributed by atoms with E-state index < -0.39 is 7.05 Å². The molecule has 0 bridgehead atoms. The number of fused-ring (bicyclic) bond motifs is 3. The van der Waals surface area contributed by atoms with E-state index in [1.165, 1.54) is 65.5 Å². The molecular formula is C35H58NPTi. The molecule has 4 rings (SSSR count). The van der Waals surface area contributed by atoms with Crippen LogP contribution in [0.3, 0.4) is 0 Å². The molecule has 38 heavy (non-hydrogen) atoms. The predicted molar refractivity (Wildman–Crippen MR) is 174 cm³/mol. The molecule has 0 saturated heterocycles. The second kappa shape index (κ2) is 14.9. The minimum absolute atomic E-state index is 0. The summed E-state index contributed by atoms with van der Waals surface area (Å²) in [5.41, 5.74) is 8.86. The van der Waals surface area contributed by atoms with E-state index in [2.05, 4.69) is 106 Å². The van der Waals surface area contributed by atoms with Crippen molar-refractivity contribution >= 4 is 7.05 Å². The summed E-state index contributed by atoms with van der Waals surface area (Å²) in [6, 6.07) is 14.0. The van der Waals surface area contributed by atoms with Crippen molar-refractivity contribution in [2.24, 2.45) is 0 Å². The molecule has 2 aromatic rings. The average molecular weight is 572 g/mol. The van der Waals surface area contributed by atoms with Gasteiger partial charge < -0.3 is 27.4 Å².